The Bertz CT molecular complexity index is 542. The summed E-state index contributed by atoms with van der Waals surface area (Å²) in [5.74, 6) is 0. The second-order valence-corrected chi connectivity index (χ2v) is 6.13. The number of nitro groups is 1. The van der Waals surface area contributed by atoms with Gasteiger partial charge < -0.3 is 5.73 Å². The van der Waals surface area contributed by atoms with Crippen molar-refractivity contribution in [2.75, 3.05) is 6.54 Å². The maximum atomic E-state index is 12.0. The molecule has 19 heavy (non-hydrogen) atoms. The van der Waals surface area contributed by atoms with Gasteiger partial charge in [0.2, 0.25) is 10.0 Å². The molecule has 1 rings (SSSR count). The van der Waals surface area contributed by atoms with E-state index >= 15 is 0 Å². The molecule has 0 amide bonds. The molecular weight excluding hydrogens is 294 g/mol. The van der Waals surface area contributed by atoms with E-state index in [2.05, 4.69) is 4.72 Å². The third-order valence-electron chi connectivity index (χ3n) is 2.28. The molecule has 0 saturated heterocycles. The second-order valence-electron chi connectivity index (χ2n) is 4.44. The summed E-state index contributed by atoms with van der Waals surface area (Å²) in [5.41, 5.74) is 4.50. The van der Waals surface area contributed by atoms with E-state index in [1.165, 1.54) is 12.1 Å². The SMILES string of the molecule is CC(C)(CN)NS(=O)(=O)c1ccc([N+](=O)[O-])cc1.Cl. The summed E-state index contributed by atoms with van der Waals surface area (Å²) in [6.45, 7) is 3.44. The Morgan fingerprint density at radius 1 is 1.32 bits per heavy atom. The van der Waals surface area contributed by atoms with E-state index in [-0.39, 0.29) is 29.5 Å². The number of nitrogens with two attached hydrogens (primary N) is 1. The standard InChI is InChI=1S/C10H15N3O4S.ClH/c1-10(2,7-11)12-18(16,17)9-5-3-8(4-6-9)13(14)15;/h3-6,12H,7,11H2,1-2H3;1H. The van der Waals surface area contributed by atoms with Gasteiger partial charge in [-0.1, -0.05) is 0 Å². The van der Waals surface area contributed by atoms with Crippen LogP contribution in [0.1, 0.15) is 13.8 Å². The molecule has 9 heteroatoms. The van der Waals surface area contributed by atoms with Gasteiger partial charge >= 0.3 is 0 Å². The van der Waals surface area contributed by atoms with Gasteiger partial charge in [-0.3, -0.25) is 10.1 Å². The van der Waals surface area contributed by atoms with Crippen LogP contribution in [0.25, 0.3) is 0 Å². The summed E-state index contributed by atoms with van der Waals surface area (Å²) in [7, 11) is -3.73. The van der Waals surface area contributed by atoms with E-state index in [1.807, 2.05) is 0 Å². The van der Waals surface area contributed by atoms with Crippen LogP contribution in [-0.4, -0.2) is 25.4 Å². The molecule has 0 heterocycles. The highest BCUT2D eigenvalue weighted by molar-refractivity contribution is 7.89. The van der Waals surface area contributed by atoms with Gasteiger partial charge in [-0.2, -0.15) is 0 Å². The molecule has 0 aliphatic rings. The van der Waals surface area contributed by atoms with Crippen molar-refractivity contribution in [2.45, 2.75) is 24.3 Å². The normalized spacial score (nSPS) is 11.7. The van der Waals surface area contributed by atoms with Gasteiger partial charge in [0, 0.05) is 24.2 Å². The van der Waals surface area contributed by atoms with E-state index in [9.17, 15) is 18.5 Å². The lowest BCUT2D eigenvalue weighted by Crippen LogP contribution is -2.48. The lowest BCUT2D eigenvalue weighted by atomic mass is 10.1. The molecule has 1 aromatic rings. The summed E-state index contributed by atoms with van der Waals surface area (Å²) in [4.78, 5) is 9.84. The first-order valence-corrected chi connectivity index (χ1v) is 6.65. The minimum atomic E-state index is -3.73. The van der Waals surface area contributed by atoms with Crippen LogP contribution < -0.4 is 10.5 Å². The quantitative estimate of drug-likeness (QED) is 0.622. The number of nitro benzene ring substituents is 1. The van der Waals surface area contributed by atoms with Crippen molar-refractivity contribution in [3.63, 3.8) is 0 Å². The number of hydrogen-bond acceptors (Lipinski definition) is 5. The maximum Gasteiger partial charge on any atom is 0.269 e. The summed E-state index contributed by atoms with van der Waals surface area (Å²) < 4.78 is 26.3. The highest BCUT2D eigenvalue weighted by Crippen LogP contribution is 2.17. The average molecular weight is 310 g/mol. The number of sulfonamides is 1. The van der Waals surface area contributed by atoms with Gasteiger partial charge in [-0.25, -0.2) is 13.1 Å². The van der Waals surface area contributed by atoms with Crippen LogP contribution in [0.5, 0.6) is 0 Å². The Labute approximate surface area is 117 Å². The van der Waals surface area contributed by atoms with Gasteiger partial charge in [0.15, 0.2) is 0 Å². The van der Waals surface area contributed by atoms with E-state index in [0.717, 1.165) is 12.1 Å². The zero-order valence-corrected chi connectivity index (χ0v) is 12.1. The molecule has 7 nitrogen and oxygen atoms in total. The van der Waals surface area contributed by atoms with Gasteiger partial charge in [0.05, 0.1) is 9.82 Å². The zero-order chi connectivity index (χ0) is 14.0. The third kappa shape index (κ3) is 4.75. The molecule has 0 spiro atoms. The number of non-ortho nitro benzene ring substituents is 1. The number of halogens is 1. The fourth-order valence-corrected chi connectivity index (χ4v) is 2.63. The highest BCUT2D eigenvalue weighted by Gasteiger charge is 2.25. The van der Waals surface area contributed by atoms with Crippen molar-refractivity contribution in [3.8, 4) is 0 Å². The summed E-state index contributed by atoms with van der Waals surface area (Å²) in [5, 5.41) is 10.5. The molecule has 0 aromatic heterocycles. The molecule has 1 aromatic carbocycles. The van der Waals surface area contributed by atoms with Crippen molar-refractivity contribution in [3.05, 3.63) is 34.4 Å². The molecule has 3 N–H and O–H groups in total. The molecule has 0 bridgehead atoms. The van der Waals surface area contributed by atoms with E-state index in [0.29, 0.717) is 0 Å². The van der Waals surface area contributed by atoms with Crippen molar-refractivity contribution in [1.29, 1.82) is 0 Å². The van der Waals surface area contributed by atoms with Gasteiger partial charge in [-0.15, -0.1) is 12.4 Å². The largest absolute Gasteiger partial charge is 0.329 e. The van der Waals surface area contributed by atoms with Crippen LogP contribution in [0.15, 0.2) is 29.2 Å². The lowest BCUT2D eigenvalue weighted by molar-refractivity contribution is -0.384. The first kappa shape index (κ1) is 17.8. The molecule has 0 aliphatic heterocycles. The number of nitrogens with one attached hydrogen (secondary N) is 1. The van der Waals surface area contributed by atoms with Crippen LogP contribution in [0.2, 0.25) is 0 Å². The monoisotopic (exact) mass is 309 g/mol. The predicted molar refractivity (Wildman–Crippen MR) is 73.8 cm³/mol. The van der Waals surface area contributed by atoms with Crippen LogP contribution in [0, 0.1) is 10.1 Å². The average Bonchev–Trinajstić information content (AvgIpc) is 2.28. The molecule has 0 fully saturated rings. The Balaban J connectivity index is 0.00000324. The van der Waals surface area contributed by atoms with Crippen molar-refractivity contribution in [2.24, 2.45) is 5.73 Å². The van der Waals surface area contributed by atoms with Gasteiger partial charge in [0.25, 0.3) is 5.69 Å². The summed E-state index contributed by atoms with van der Waals surface area (Å²) in [6.07, 6.45) is 0. The van der Waals surface area contributed by atoms with Gasteiger partial charge in [0.1, 0.15) is 0 Å². The van der Waals surface area contributed by atoms with Crippen molar-refractivity contribution < 1.29 is 13.3 Å². The Morgan fingerprint density at radius 2 is 1.79 bits per heavy atom. The van der Waals surface area contributed by atoms with E-state index in [4.69, 9.17) is 5.73 Å². The van der Waals surface area contributed by atoms with Crippen LogP contribution in [0.3, 0.4) is 0 Å². The first-order chi connectivity index (χ1) is 8.18. The fraction of sp³-hybridized carbons (Fsp3) is 0.400. The van der Waals surface area contributed by atoms with Crippen molar-refractivity contribution >= 4 is 28.1 Å². The number of hydrogen-bond donors (Lipinski definition) is 2. The Kier molecular flexibility index (Phi) is 5.88. The lowest BCUT2D eigenvalue weighted by Gasteiger charge is -2.23. The molecule has 0 saturated carbocycles. The molecule has 108 valence electrons. The topological polar surface area (TPSA) is 115 Å². The Morgan fingerprint density at radius 3 is 2.16 bits per heavy atom. The first-order valence-electron chi connectivity index (χ1n) is 5.16. The minimum absolute atomic E-state index is 0. The third-order valence-corrected chi connectivity index (χ3v) is 3.99. The van der Waals surface area contributed by atoms with Crippen LogP contribution >= 0.6 is 12.4 Å². The van der Waals surface area contributed by atoms with Crippen molar-refractivity contribution in [1.82, 2.24) is 4.72 Å². The number of nitrogens with zero attached hydrogens (tertiary/aromatic N) is 1. The Hall–Kier alpha value is -1.22. The van der Waals surface area contributed by atoms with Gasteiger partial charge in [-0.05, 0) is 26.0 Å². The predicted octanol–water partition coefficient (Wildman–Crippen LogP) is 1.03. The minimum Gasteiger partial charge on any atom is -0.329 e. The summed E-state index contributed by atoms with van der Waals surface area (Å²) >= 11 is 0. The zero-order valence-electron chi connectivity index (χ0n) is 10.5. The smallest absolute Gasteiger partial charge is 0.269 e. The maximum absolute atomic E-state index is 12.0. The van der Waals surface area contributed by atoms with Crippen LogP contribution in [-0.2, 0) is 10.0 Å². The molecule has 0 radical (unpaired) electrons. The fourth-order valence-electron chi connectivity index (χ4n) is 1.21. The highest BCUT2D eigenvalue weighted by atomic mass is 35.5. The summed E-state index contributed by atoms with van der Waals surface area (Å²) in [6, 6.07) is 4.66. The molecule has 0 unspecified atom stereocenters. The molecular formula is C10H16ClN3O4S. The van der Waals surface area contributed by atoms with Crippen LogP contribution in [0.4, 0.5) is 5.69 Å². The second kappa shape index (κ2) is 6.29. The molecule has 0 aliphatic carbocycles. The number of rotatable bonds is 5. The van der Waals surface area contributed by atoms with E-state index in [1.54, 1.807) is 13.8 Å². The van der Waals surface area contributed by atoms with E-state index < -0.39 is 20.5 Å². The molecule has 0 atom stereocenters. The number of benzene rings is 1.